The summed E-state index contributed by atoms with van der Waals surface area (Å²) in [7, 11) is 0. The summed E-state index contributed by atoms with van der Waals surface area (Å²) < 4.78 is 0. The molecule has 0 fully saturated rings. The van der Waals surface area contributed by atoms with Crippen molar-refractivity contribution >= 4 is 33.3 Å². The van der Waals surface area contributed by atoms with Gasteiger partial charge in [-0.15, -0.1) is 0 Å². The number of hydrogen-bond acceptors (Lipinski definition) is 2. The van der Waals surface area contributed by atoms with Crippen LogP contribution < -0.4 is 4.90 Å². The number of benzene rings is 1. The summed E-state index contributed by atoms with van der Waals surface area (Å²) in [4.78, 5) is 25.4. The van der Waals surface area contributed by atoms with E-state index in [1.54, 1.807) is 11.0 Å². The Kier molecular flexibility index (Phi) is 3.33. The number of hydrogen-bond donors (Lipinski definition) is 0. The van der Waals surface area contributed by atoms with E-state index in [2.05, 4.69) is 15.9 Å². The normalized spacial score (nSPS) is 16.3. The minimum atomic E-state index is -0.401. The first-order valence-electron chi connectivity index (χ1n) is 5.58. The molecule has 0 saturated heterocycles. The lowest BCUT2D eigenvalue weighted by Crippen LogP contribution is -2.34. The standard InChI is InChI=1S/C13H14BrNO2/c1-8(6-14)7-15-11-9(2)4-3-5-10(11)12(16)13(15)17/h3-5,8H,6-7H2,1-2H3. The molecule has 1 atom stereocenters. The Bertz CT molecular complexity index is 484. The maximum Gasteiger partial charge on any atom is 0.299 e. The van der Waals surface area contributed by atoms with Gasteiger partial charge in [-0.3, -0.25) is 9.59 Å². The Morgan fingerprint density at radius 2 is 2.06 bits per heavy atom. The Labute approximate surface area is 109 Å². The number of ketones is 1. The zero-order chi connectivity index (χ0) is 12.6. The van der Waals surface area contributed by atoms with Crippen LogP contribution in [0.5, 0.6) is 0 Å². The molecule has 1 unspecified atom stereocenters. The van der Waals surface area contributed by atoms with Crippen LogP contribution in [0.2, 0.25) is 0 Å². The van der Waals surface area contributed by atoms with Crippen LogP contribution in [-0.2, 0) is 4.79 Å². The van der Waals surface area contributed by atoms with Crippen LogP contribution in [0, 0.1) is 12.8 Å². The molecule has 1 aliphatic heterocycles. The van der Waals surface area contributed by atoms with E-state index < -0.39 is 5.91 Å². The Balaban J connectivity index is 2.43. The fourth-order valence-electron chi connectivity index (χ4n) is 2.07. The first-order chi connectivity index (χ1) is 8.06. The summed E-state index contributed by atoms with van der Waals surface area (Å²) >= 11 is 3.39. The maximum atomic E-state index is 11.9. The zero-order valence-corrected chi connectivity index (χ0v) is 11.5. The van der Waals surface area contributed by atoms with Gasteiger partial charge >= 0.3 is 0 Å². The summed E-state index contributed by atoms with van der Waals surface area (Å²) in [5.41, 5.74) is 2.30. The van der Waals surface area contributed by atoms with E-state index in [0.29, 0.717) is 18.0 Å². The number of anilines is 1. The van der Waals surface area contributed by atoms with Gasteiger partial charge in [0.05, 0.1) is 11.3 Å². The lowest BCUT2D eigenvalue weighted by Gasteiger charge is -2.21. The average Bonchev–Trinajstić information content (AvgIpc) is 2.56. The number of aryl methyl sites for hydroxylation is 1. The maximum absolute atomic E-state index is 11.9. The van der Waals surface area contributed by atoms with Crippen LogP contribution >= 0.6 is 15.9 Å². The highest BCUT2D eigenvalue weighted by atomic mass is 79.9. The van der Waals surface area contributed by atoms with Crippen LogP contribution in [0.3, 0.4) is 0 Å². The number of carbonyl (C=O) groups is 2. The van der Waals surface area contributed by atoms with Crippen molar-refractivity contribution in [3.05, 3.63) is 29.3 Å². The molecule has 0 saturated carbocycles. The summed E-state index contributed by atoms with van der Waals surface area (Å²) in [6, 6.07) is 5.47. The van der Waals surface area contributed by atoms with E-state index in [0.717, 1.165) is 16.6 Å². The zero-order valence-electron chi connectivity index (χ0n) is 9.87. The summed E-state index contributed by atoms with van der Waals surface area (Å²) in [6.07, 6.45) is 0. The van der Waals surface area contributed by atoms with Gasteiger partial charge in [0.1, 0.15) is 0 Å². The molecule has 1 aliphatic rings. The molecule has 90 valence electrons. The van der Waals surface area contributed by atoms with E-state index in [1.807, 2.05) is 26.0 Å². The Hall–Kier alpha value is -1.16. The smallest absolute Gasteiger partial charge is 0.299 e. The van der Waals surface area contributed by atoms with Gasteiger partial charge in [-0.2, -0.15) is 0 Å². The third kappa shape index (κ3) is 2.02. The SMILES string of the molecule is Cc1cccc2c1N(CC(C)CBr)C(=O)C2=O. The number of carbonyl (C=O) groups excluding carboxylic acids is 2. The van der Waals surface area contributed by atoms with Crippen molar-refractivity contribution in [1.82, 2.24) is 0 Å². The van der Waals surface area contributed by atoms with Gasteiger partial charge in [-0.1, -0.05) is 35.0 Å². The molecule has 1 aromatic carbocycles. The minimum absolute atomic E-state index is 0.317. The van der Waals surface area contributed by atoms with Gasteiger partial charge in [-0.25, -0.2) is 0 Å². The molecule has 3 nitrogen and oxygen atoms in total. The molecule has 0 bridgehead atoms. The van der Waals surface area contributed by atoms with Crippen molar-refractivity contribution in [1.29, 1.82) is 0 Å². The van der Waals surface area contributed by atoms with Crippen LogP contribution in [0.1, 0.15) is 22.8 Å². The van der Waals surface area contributed by atoms with Crippen LogP contribution in [-0.4, -0.2) is 23.6 Å². The molecule has 17 heavy (non-hydrogen) atoms. The average molecular weight is 296 g/mol. The van der Waals surface area contributed by atoms with Gasteiger partial charge in [0.2, 0.25) is 0 Å². The van der Waals surface area contributed by atoms with Crippen LogP contribution in [0.4, 0.5) is 5.69 Å². The van der Waals surface area contributed by atoms with Gasteiger partial charge < -0.3 is 4.90 Å². The van der Waals surface area contributed by atoms with Crippen LogP contribution in [0.15, 0.2) is 18.2 Å². The highest BCUT2D eigenvalue weighted by Gasteiger charge is 2.36. The predicted molar refractivity (Wildman–Crippen MR) is 70.8 cm³/mol. The third-order valence-corrected chi connectivity index (χ3v) is 4.05. The van der Waals surface area contributed by atoms with Gasteiger partial charge in [0.25, 0.3) is 11.7 Å². The van der Waals surface area contributed by atoms with Crippen molar-refractivity contribution in [3.8, 4) is 0 Å². The van der Waals surface area contributed by atoms with E-state index in [1.165, 1.54) is 0 Å². The third-order valence-electron chi connectivity index (χ3n) is 2.95. The predicted octanol–water partition coefficient (Wildman–Crippen LogP) is 2.56. The number of para-hydroxylation sites is 1. The molecule has 0 spiro atoms. The molecular weight excluding hydrogens is 282 g/mol. The highest BCUT2D eigenvalue weighted by molar-refractivity contribution is 9.09. The largest absolute Gasteiger partial charge is 0.304 e. The molecule has 0 N–H and O–H groups in total. The molecular formula is C13H14BrNO2. The topological polar surface area (TPSA) is 37.4 Å². The van der Waals surface area contributed by atoms with Gasteiger partial charge in [0, 0.05) is 11.9 Å². The molecule has 1 aromatic rings. The summed E-state index contributed by atoms with van der Waals surface area (Å²) in [5.74, 6) is -0.468. The van der Waals surface area contributed by atoms with Crippen LogP contribution in [0.25, 0.3) is 0 Å². The number of alkyl halides is 1. The van der Waals surface area contributed by atoms with Gasteiger partial charge in [-0.05, 0) is 24.5 Å². The second kappa shape index (κ2) is 4.61. The van der Waals surface area contributed by atoms with Crippen molar-refractivity contribution in [2.75, 3.05) is 16.8 Å². The second-order valence-corrected chi connectivity index (χ2v) is 5.12. The van der Waals surface area contributed by atoms with Crippen molar-refractivity contribution in [2.24, 2.45) is 5.92 Å². The van der Waals surface area contributed by atoms with Crippen molar-refractivity contribution in [2.45, 2.75) is 13.8 Å². The Morgan fingerprint density at radius 3 is 2.71 bits per heavy atom. The summed E-state index contributed by atoms with van der Waals surface area (Å²) in [5, 5.41) is 0.812. The summed E-state index contributed by atoms with van der Waals surface area (Å²) in [6.45, 7) is 4.55. The monoisotopic (exact) mass is 295 g/mol. The molecule has 4 heteroatoms. The highest BCUT2D eigenvalue weighted by Crippen LogP contribution is 2.32. The molecule has 2 rings (SSSR count). The molecule has 0 radical (unpaired) electrons. The van der Waals surface area contributed by atoms with Crippen molar-refractivity contribution < 1.29 is 9.59 Å². The van der Waals surface area contributed by atoms with Gasteiger partial charge in [0.15, 0.2) is 0 Å². The van der Waals surface area contributed by atoms with E-state index in [9.17, 15) is 9.59 Å². The first kappa shape index (κ1) is 12.3. The lowest BCUT2D eigenvalue weighted by molar-refractivity contribution is -0.114. The Morgan fingerprint density at radius 1 is 1.35 bits per heavy atom. The quantitative estimate of drug-likeness (QED) is 0.635. The van der Waals surface area contributed by atoms with E-state index in [4.69, 9.17) is 0 Å². The molecule has 1 heterocycles. The molecule has 1 amide bonds. The number of Topliss-reactive ketones (excluding diaryl/α,β-unsaturated/α-hetero) is 1. The molecule has 0 aliphatic carbocycles. The molecule has 0 aromatic heterocycles. The fraction of sp³-hybridized carbons (Fsp3) is 0.385. The number of nitrogens with zero attached hydrogens (tertiary/aromatic N) is 1. The number of halogens is 1. The van der Waals surface area contributed by atoms with E-state index in [-0.39, 0.29) is 5.78 Å². The number of amides is 1. The number of fused-ring (bicyclic) bond motifs is 1. The van der Waals surface area contributed by atoms with E-state index >= 15 is 0 Å². The second-order valence-electron chi connectivity index (χ2n) is 4.48. The van der Waals surface area contributed by atoms with Crippen molar-refractivity contribution in [3.63, 3.8) is 0 Å². The fourth-order valence-corrected chi connectivity index (χ4v) is 2.28. The number of rotatable bonds is 3. The minimum Gasteiger partial charge on any atom is -0.304 e. The first-order valence-corrected chi connectivity index (χ1v) is 6.70. The lowest BCUT2D eigenvalue weighted by atomic mass is 10.1.